The standard InChI is InChI=1S/C16H16F3N3O2/c1-2-24-16(23)22(12-5-3-4-11(20)8-12)21-9-10-6-7-13(17)15(19)14(10)18/h3-8,21H,2,9,20H2,1H3. The maximum absolute atomic E-state index is 13.7. The first-order valence-electron chi connectivity index (χ1n) is 7.12. The molecule has 128 valence electrons. The highest BCUT2D eigenvalue weighted by Crippen LogP contribution is 2.19. The van der Waals surface area contributed by atoms with Crippen LogP contribution < -0.4 is 16.2 Å². The van der Waals surface area contributed by atoms with Crippen LogP contribution in [0.25, 0.3) is 0 Å². The number of carbonyl (C=O) groups excluding carboxylic acids is 1. The number of rotatable bonds is 5. The molecule has 24 heavy (non-hydrogen) atoms. The average Bonchev–Trinajstić information content (AvgIpc) is 2.55. The van der Waals surface area contributed by atoms with Crippen molar-refractivity contribution in [2.75, 3.05) is 17.3 Å². The van der Waals surface area contributed by atoms with Crippen LogP contribution >= 0.6 is 0 Å². The van der Waals surface area contributed by atoms with E-state index < -0.39 is 23.5 Å². The minimum absolute atomic E-state index is 0.124. The van der Waals surface area contributed by atoms with Crippen molar-refractivity contribution in [2.45, 2.75) is 13.5 Å². The van der Waals surface area contributed by atoms with Gasteiger partial charge in [-0.05, 0) is 31.2 Å². The van der Waals surface area contributed by atoms with E-state index in [9.17, 15) is 18.0 Å². The molecule has 3 N–H and O–H groups in total. The molecule has 0 bridgehead atoms. The van der Waals surface area contributed by atoms with E-state index in [0.29, 0.717) is 11.4 Å². The molecule has 0 atom stereocenters. The summed E-state index contributed by atoms with van der Waals surface area (Å²) in [7, 11) is 0. The number of halogens is 3. The first-order chi connectivity index (χ1) is 11.4. The van der Waals surface area contributed by atoms with Crippen LogP contribution in [0.2, 0.25) is 0 Å². The highest BCUT2D eigenvalue weighted by atomic mass is 19.2. The second-order valence-corrected chi connectivity index (χ2v) is 4.80. The van der Waals surface area contributed by atoms with E-state index in [0.717, 1.165) is 17.1 Å². The molecule has 0 heterocycles. The predicted molar refractivity (Wildman–Crippen MR) is 83.5 cm³/mol. The van der Waals surface area contributed by atoms with Gasteiger partial charge in [0.15, 0.2) is 17.5 Å². The lowest BCUT2D eigenvalue weighted by Crippen LogP contribution is -2.43. The third-order valence-electron chi connectivity index (χ3n) is 3.12. The van der Waals surface area contributed by atoms with Crippen molar-refractivity contribution in [3.05, 3.63) is 59.4 Å². The van der Waals surface area contributed by atoms with E-state index in [4.69, 9.17) is 10.5 Å². The lowest BCUT2D eigenvalue weighted by Gasteiger charge is -2.23. The summed E-state index contributed by atoms with van der Waals surface area (Å²) in [5, 5.41) is 1.01. The minimum atomic E-state index is -1.57. The molecule has 0 saturated carbocycles. The van der Waals surface area contributed by atoms with Crippen LogP contribution in [-0.4, -0.2) is 12.7 Å². The van der Waals surface area contributed by atoms with Crippen molar-refractivity contribution >= 4 is 17.5 Å². The maximum Gasteiger partial charge on any atom is 0.429 e. The molecule has 0 unspecified atom stereocenters. The molecular weight excluding hydrogens is 323 g/mol. The quantitative estimate of drug-likeness (QED) is 0.498. The molecular formula is C16H16F3N3O2. The van der Waals surface area contributed by atoms with Gasteiger partial charge >= 0.3 is 6.09 Å². The number of nitrogens with one attached hydrogen (secondary N) is 1. The van der Waals surface area contributed by atoms with E-state index in [1.165, 1.54) is 6.07 Å². The smallest absolute Gasteiger partial charge is 0.429 e. The zero-order valence-corrected chi connectivity index (χ0v) is 12.9. The highest BCUT2D eigenvalue weighted by molar-refractivity contribution is 5.87. The number of hydrazine groups is 1. The molecule has 5 nitrogen and oxygen atoms in total. The van der Waals surface area contributed by atoms with E-state index in [2.05, 4.69) is 5.43 Å². The van der Waals surface area contributed by atoms with Crippen molar-refractivity contribution in [3.63, 3.8) is 0 Å². The second kappa shape index (κ2) is 7.69. The predicted octanol–water partition coefficient (Wildman–Crippen LogP) is 3.35. The van der Waals surface area contributed by atoms with Crippen LogP contribution in [0.15, 0.2) is 36.4 Å². The third kappa shape index (κ3) is 3.96. The molecule has 0 aliphatic heterocycles. The molecule has 0 aliphatic rings. The SMILES string of the molecule is CCOC(=O)N(NCc1ccc(F)c(F)c1F)c1cccc(N)c1. The van der Waals surface area contributed by atoms with Gasteiger partial charge in [0.05, 0.1) is 12.3 Å². The van der Waals surface area contributed by atoms with Crippen molar-refractivity contribution in [1.29, 1.82) is 0 Å². The fourth-order valence-corrected chi connectivity index (χ4v) is 1.98. The van der Waals surface area contributed by atoms with Crippen LogP contribution in [0.1, 0.15) is 12.5 Å². The first-order valence-corrected chi connectivity index (χ1v) is 7.12. The minimum Gasteiger partial charge on any atom is -0.449 e. The van der Waals surface area contributed by atoms with Gasteiger partial charge in [-0.3, -0.25) is 0 Å². The normalized spacial score (nSPS) is 10.5. The molecule has 2 aromatic carbocycles. The second-order valence-electron chi connectivity index (χ2n) is 4.80. The van der Waals surface area contributed by atoms with Crippen LogP contribution in [0.3, 0.4) is 0 Å². The average molecular weight is 339 g/mol. The van der Waals surface area contributed by atoms with Gasteiger partial charge in [-0.2, -0.15) is 0 Å². The summed E-state index contributed by atoms with van der Waals surface area (Å²) in [4.78, 5) is 12.1. The monoisotopic (exact) mass is 339 g/mol. The molecule has 0 spiro atoms. The van der Waals surface area contributed by atoms with Gasteiger partial charge in [-0.15, -0.1) is 0 Å². The number of amides is 1. The van der Waals surface area contributed by atoms with Crippen LogP contribution in [0.4, 0.5) is 29.3 Å². The number of hydrogen-bond donors (Lipinski definition) is 2. The fraction of sp³-hybridized carbons (Fsp3) is 0.188. The van der Waals surface area contributed by atoms with E-state index in [-0.39, 0.29) is 18.7 Å². The number of ether oxygens (including phenoxy) is 1. The van der Waals surface area contributed by atoms with Crippen molar-refractivity contribution in [1.82, 2.24) is 5.43 Å². The molecule has 2 aromatic rings. The number of nitrogen functional groups attached to an aromatic ring is 1. The summed E-state index contributed by atoms with van der Waals surface area (Å²) in [6, 6.07) is 8.24. The van der Waals surface area contributed by atoms with Gasteiger partial charge in [0, 0.05) is 17.8 Å². The summed E-state index contributed by atoms with van der Waals surface area (Å²) >= 11 is 0. The molecule has 0 fully saturated rings. The Morgan fingerprint density at radius 3 is 2.62 bits per heavy atom. The first kappa shape index (κ1) is 17.6. The number of benzene rings is 2. The maximum atomic E-state index is 13.7. The molecule has 0 radical (unpaired) electrons. The Kier molecular flexibility index (Phi) is 5.64. The largest absolute Gasteiger partial charge is 0.449 e. The number of anilines is 2. The van der Waals surface area contributed by atoms with Crippen LogP contribution in [-0.2, 0) is 11.3 Å². The van der Waals surface area contributed by atoms with Crippen molar-refractivity contribution in [2.24, 2.45) is 0 Å². The van der Waals surface area contributed by atoms with Crippen LogP contribution in [0.5, 0.6) is 0 Å². The van der Waals surface area contributed by atoms with Gasteiger partial charge in [0.1, 0.15) is 0 Å². The molecule has 0 aromatic heterocycles. The molecule has 2 rings (SSSR count). The topological polar surface area (TPSA) is 67.6 Å². The van der Waals surface area contributed by atoms with Gasteiger partial charge in [0.2, 0.25) is 0 Å². The summed E-state index contributed by atoms with van der Waals surface area (Å²) in [5.41, 5.74) is 8.92. The zero-order valence-electron chi connectivity index (χ0n) is 12.9. The lowest BCUT2D eigenvalue weighted by molar-refractivity contribution is 0.156. The molecule has 0 aliphatic carbocycles. The fourth-order valence-electron chi connectivity index (χ4n) is 1.98. The molecule has 8 heteroatoms. The van der Waals surface area contributed by atoms with E-state index in [1.54, 1.807) is 25.1 Å². The van der Waals surface area contributed by atoms with Gasteiger partial charge in [-0.25, -0.2) is 28.4 Å². The number of nitrogens with zero attached hydrogens (tertiary/aromatic N) is 1. The summed E-state index contributed by atoms with van der Waals surface area (Å²) in [6.45, 7) is 1.49. The summed E-state index contributed by atoms with van der Waals surface area (Å²) in [6.07, 6.45) is -0.744. The lowest BCUT2D eigenvalue weighted by atomic mass is 10.2. The molecule has 1 amide bonds. The Morgan fingerprint density at radius 1 is 1.21 bits per heavy atom. The van der Waals surface area contributed by atoms with Crippen molar-refractivity contribution in [3.8, 4) is 0 Å². The van der Waals surface area contributed by atoms with E-state index >= 15 is 0 Å². The Morgan fingerprint density at radius 2 is 1.96 bits per heavy atom. The summed E-state index contributed by atoms with van der Waals surface area (Å²) < 4.78 is 44.9. The number of hydrogen-bond acceptors (Lipinski definition) is 4. The third-order valence-corrected chi connectivity index (χ3v) is 3.12. The van der Waals surface area contributed by atoms with Gasteiger partial charge < -0.3 is 10.5 Å². The Balaban J connectivity index is 2.23. The highest BCUT2D eigenvalue weighted by Gasteiger charge is 2.19. The number of carbonyl (C=O) groups is 1. The van der Waals surface area contributed by atoms with E-state index in [1.807, 2.05) is 0 Å². The Bertz CT molecular complexity index is 741. The van der Waals surface area contributed by atoms with Gasteiger partial charge in [0.25, 0.3) is 0 Å². The summed E-state index contributed by atoms with van der Waals surface area (Å²) in [5.74, 6) is -4.17. The van der Waals surface area contributed by atoms with Crippen LogP contribution in [0, 0.1) is 17.5 Å². The van der Waals surface area contributed by atoms with Gasteiger partial charge in [-0.1, -0.05) is 12.1 Å². The molecule has 0 saturated heterocycles. The van der Waals surface area contributed by atoms with Crippen molar-refractivity contribution < 1.29 is 22.7 Å². The zero-order chi connectivity index (χ0) is 17.7. The number of nitrogens with two attached hydrogens (primary N) is 1. The Hall–Kier alpha value is -2.74. The Labute approximate surface area is 136 Å².